The van der Waals surface area contributed by atoms with Gasteiger partial charge in [-0.1, -0.05) is 36.8 Å². The van der Waals surface area contributed by atoms with Gasteiger partial charge in [-0.2, -0.15) is 5.10 Å². The number of hydrogen-bond donors (Lipinski definition) is 2. The van der Waals surface area contributed by atoms with E-state index < -0.39 is 0 Å². The van der Waals surface area contributed by atoms with Crippen molar-refractivity contribution in [3.05, 3.63) is 42.1 Å². The van der Waals surface area contributed by atoms with Crippen LogP contribution in [0.2, 0.25) is 0 Å². The van der Waals surface area contributed by atoms with Crippen molar-refractivity contribution in [1.29, 1.82) is 0 Å². The first kappa shape index (κ1) is 17.2. The first-order valence-corrected chi connectivity index (χ1v) is 8.90. The summed E-state index contributed by atoms with van der Waals surface area (Å²) in [7, 11) is 0. The van der Waals surface area contributed by atoms with Gasteiger partial charge in [-0.25, -0.2) is 0 Å². The largest absolute Gasteiger partial charge is 0.352 e. The number of benzene rings is 1. The zero-order valence-electron chi connectivity index (χ0n) is 14.3. The van der Waals surface area contributed by atoms with Crippen molar-refractivity contribution in [2.45, 2.75) is 32.1 Å². The van der Waals surface area contributed by atoms with Crippen molar-refractivity contribution in [3.63, 3.8) is 0 Å². The Bertz CT molecular complexity index is 711. The fourth-order valence-corrected chi connectivity index (χ4v) is 3.13. The predicted octanol–water partition coefficient (Wildman–Crippen LogP) is 2.60. The van der Waals surface area contributed by atoms with Crippen molar-refractivity contribution in [1.82, 2.24) is 20.4 Å². The first-order valence-electron chi connectivity index (χ1n) is 8.90. The molecule has 3 rings (SSSR count). The highest BCUT2D eigenvalue weighted by Crippen LogP contribution is 2.20. The Morgan fingerprint density at radius 3 is 2.88 bits per heavy atom. The highest BCUT2D eigenvalue weighted by molar-refractivity contribution is 5.99. The van der Waals surface area contributed by atoms with Gasteiger partial charge in [0.05, 0.1) is 17.5 Å². The van der Waals surface area contributed by atoms with Crippen LogP contribution < -0.4 is 5.32 Å². The van der Waals surface area contributed by atoms with Gasteiger partial charge in [0.1, 0.15) is 0 Å². The fourth-order valence-electron chi connectivity index (χ4n) is 3.13. The summed E-state index contributed by atoms with van der Waals surface area (Å²) in [5.74, 6) is 0.0971. The molecule has 1 fully saturated rings. The quantitative estimate of drug-likeness (QED) is 0.794. The number of carbonyl (C=O) groups excluding carboxylic acids is 2. The van der Waals surface area contributed by atoms with Crippen LogP contribution in [0.15, 0.2) is 36.5 Å². The van der Waals surface area contributed by atoms with E-state index in [2.05, 4.69) is 15.5 Å². The van der Waals surface area contributed by atoms with Crippen LogP contribution in [-0.4, -0.2) is 46.5 Å². The minimum atomic E-state index is -0.144. The monoisotopic (exact) mass is 340 g/mol. The molecule has 0 saturated carbocycles. The zero-order valence-corrected chi connectivity index (χ0v) is 14.3. The van der Waals surface area contributed by atoms with Gasteiger partial charge >= 0.3 is 0 Å². The minimum Gasteiger partial charge on any atom is -0.352 e. The van der Waals surface area contributed by atoms with E-state index in [1.54, 1.807) is 6.20 Å². The molecule has 0 unspecified atom stereocenters. The molecule has 0 spiro atoms. The number of aromatic amines is 1. The molecule has 132 valence electrons. The van der Waals surface area contributed by atoms with Crippen molar-refractivity contribution >= 4 is 11.8 Å². The molecule has 1 saturated heterocycles. The Morgan fingerprint density at radius 2 is 2.04 bits per heavy atom. The van der Waals surface area contributed by atoms with Crippen LogP contribution in [-0.2, 0) is 4.79 Å². The van der Waals surface area contributed by atoms with Crippen molar-refractivity contribution < 1.29 is 9.59 Å². The van der Waals surface area contributed by atoms with E-state index in [1.165, 1.54) is 0 Å². The summed E-state index contributed by atoms with van der Waals surface area (Å²) in [5.41, 5.74) is 2.19. The van der Waals surface area contributed by atoms with Crippen LogP contribution in [0.4, 0.5) is 0 Å². The van der Waals surface area contributed by atoms with Gasteiger partial charge in [-0.15, -0.1) is 0 Å². The van der Waals surface area contributed by atoms with E-state index >= 15 is 0 Å². The Hall–Kier alpha value is -2.63. The van der Waals surface area contributed by atoms with E-state index in [4.69, 9.17) is 0 Å². The molecule has 2 N–H and O–H groups in total. The first-order chi connectivity index (χ1) is 12.3. The standard InChI is InChI=1S/C19H24N4O2/c24-17-10-5-2-6-12-23(17)13-7-11-20-19(25)16-14-21-22-18(16)15-8-3-1-4-9-15/h1,3-4,8-9,14H,2,5-7,10-13H2,(H,20,25)(H,21,22). The van der Waals surface area contributed by atoms with Crippen molar-refractivity contribution in [3.8, 4) is 11.3 Å². The van der Waals surface area contributed by atoms with E-state index in [1.807, 2.05) is 35.2 Å². The topological polar surface area (TPSA) is 78.1 Å². The minimum absolute atomic E-state index is 0.144. The van der Waals surface area contributed by atoms with E-state index in [-0.39, 0.29) is 11.8 Å². The van der Waals surface area contributed by atoms with Gasteiger partial charge in [0.15, 0.2) is 0 Å². The molecule has 0 atom stereocenters. The second kappa shape index (κ2) is 8.46. The van der Waals surface area contributed by atoms with Gasteiger partial charge < -0.3 is 10.2 Å². The normalized spacial score (nSPS) is 15.0. The Labute approximate surface area is 147 Å². The molecule has 1 aliphatic heterocycles. The summed E-state index contributed by atoms with van der Waals surface area (Å²) >= 11 is 0. The van der Waals surface area contributed by atoms with Crippen molar-refractivity contribution in [2.75, 3.05) is 19.6 Å². The SMILES string of the molecule is O=C(NCCCN1CCCCCC1=O)c1cn[nH]c1-c1ccccc1. The number of likely N-dealkylation sites (tertiary alicyclic amines) is 1. The number of aromatic nitrogens is 2. The maximum absolute atomic E-state index is 12.4. The van der Waals surface area contributed by atoms with Gasteiger partial charge in [0, 0.05) is 31.6 Å². The smallest absolute Gasteiger partial charge is 0.255 e. The number of amides is 2. The molecule has 2 aromatic rings. The van der Waals surface area contributed by atoms with E-state index in [9.17, 15) is 9.59 Å². The second-order valence-corrected chi connectivity index (χ2v) is 6.33. The molecule has 0 radical (unpaired) electrons. The third-order valence-electron chi connectivity index (χ3n) is 4.51. The molecule has 6 heteroatoms. The molecule has 6 nitrogen and oxygen atoms in total. The number of rotatable bonds is 6. The number of nitrogens with one attached hydrogen (secondary N) is 2. The molecular weight excluding hydrogens is 316 g/mol. The van der Waals surface area contributed by atoms with E-state index in [0.717, 1.165) is 43.5 Å². The molecule has 1 aromatic heterocycles. The summed E-state index contributed by atoms with van der Waals surface area (Å²) < 4.78 is 0. The van der Waals surface area contributed by atoms with Crippen LogP contribution in [0, 0.1) is 0 Å². The van der Waals surface area contributed by atoms with Crippen LogP contribution in [0.25, 0.3) is 11.3 Å². The number of hydrogen-bond acceptors (Lipinski definition) is 3. The predicted molar refractivity (Wildman–Crippen MR) is 96.0 cm³/mol. The van der Waals surface area contributed by atoms with Crippen LogP contribution in [0.5, 0.6) is 0 Å². The number of carbonyl (C=O) groups is 2. The number of H-pyrrole nitrogens is 1. The fraction of sp³-hybridized carbons (Fsp3) is 0.421. The number of nitrogens with zero attached hydrogens (tertiary/aromatic N) is 2. The van der Waals surface area contributed by atoms with Crippen molar-refractivity contribution in [2.24, 2.45) is 0 Å². The lowest BCUT2D eigenvalue weighted by Crippen LogP contribution is -2.34. The molecule has 2 amide bonds. The van der Waals surface area contributed by atoms with Crippen LogP contribution in [0.1, 0.15) is 42.5 Å². The summed E-state index contributed by atoms with van der Waals surface area (Å²) in [5, 5.41) is 9.83. The van der Waals surface area contributed by atoms with Crippen LogP contribution >= 0.6 is 0 Å². The Morgan fingerprint density at radius 1 is 1.20 bits per heavy atom. The second-order valence-electron chi connectivity index (χ2n) is 6.33. The third-order valence-corrected chi connectivity index (χ3v) is 4.51. The average Bonchev–Trinajstić information content (AvgIpc) is 3.04. The summed E-state index contributed by atoms with van der Waals surface area (Å²) in [6.45, 7) is 2.09. The lowest BCUT2D eigenvalue weighted by Gasteiger charge is -2.20. The molecule has 2 heterocycles. The average molecular weight is 340 g/mol. The summed E-state index contributed by atoms with van der Waals surface area (Å²) in [6.07, 6.45) is 6.16. The maximum Gasteiger partial charge on any atom is 0.255 e. The van der Waals surface area contributed by atoms with E-state index in [0.29, 0.717) is 25.1 Å². The molecule has 25 heavy (non-hydrogen) atoms. The Kier molecular flexibility index (Phi) is 5.82. The third kappa shape index (κ3) is 4.47. The zero-order chi connectivity index (χ0) is 17.5. The van der Waals surface area contributed by atoms with Gasteiger partial charge in [0.2, 0.25) is 5.91 Å². The lowest BCUT2D eigenvalue weighted by atomic mass is 10.1. The Balaban J connectivity index is 1.50. The van der Waals surface area contributed by atoms with Gasteiger partial charge in [0.25, 0.3) is 5.91 Å². The summed E-state index contributed by atoms with van der Waals surface area (Å²) in [6, 6.07) is 9.67. The molecule has 0 bridgehead atoms. The van der Waals surface area contributed by atoms with Crippen LogP contribution in [0.3, 0.4) is 0 Å². The summed E-state index contributed by atoms with van der Waals surface area (Å²) in [4.78, 5) is 26.3. The van der Waals surface area contributed by atoms with Gasteiger partial charge in [-0.3, -0.25) is 14.7 Å². The highest BCUT2D eigenvalue weighted by Gasteiger charge is 2.17. The lowest BCUT2D eigenvalue weighted by molar-refractivity contribution is -0.130. The van der Waals surface area contributed by atoms with Gasteiger partial charge in [-0.05, 0) is 19.3 Å². The molecular formula is C19H24N4O2. The molecule has 1 aliphatic rings. The molecule has 0 aliphatic carbocycles. The highest BCUT2D eigenvalue weighted by atomic mass is 16.2. The maximum atomic E-state index is 12.4. The molecule has 1 aromatic carbocycles.